The molecule has 1 aliphatic heterocycles. The van der Waals surface area contributed by atoms with E-state index >= 15 is 0 Å². The van der Waals surface area contributed by atoms with Gasteiger partial charge in [0.05, 0.1) is 12.7 Å². The molecule has 1 saturated heterocycles. The molecule has 0 aromatic heterocycles. The predicted octanol–water partition coefficient (Wildman–Crippen LogP) is -0.721. The Labute approximate surface area is 124 Å². The number of rotatable bonds is 4. The molecule has 0 aromatic carbocycles. The first kappa shape index (κ1) is 16.6. The van der Waals surface area contributed by atoms with Gasteiger partial charge in [-0.05, 0) is 12.8 Å². The summed E-state index contributed by atoms with van der Waals surface area (Å²) in [6.07, 6.45) is 0.887. The number of hydrogen-bond donors (Lipinski definition) is 4. The number of nitrogens with one attached hydrogen (secondary N) is 1. The molecule has 0 unspecified atom stereocenters. The molecule has 7 nitrogen and oxygen atoms in total. The van der Waals surface area contributed by atoms with Gasteiger partial charge in [0.15, 0.2) is 6.29 Å². The summed E-state index contributed by atoms with van der Waals surface area (Å²) in [5.41, 5.74) is 0. The maximum Gasteiger partial charge on any atom is 0.217 e. The fraction of sp³-hybridized carbons (Fsp3) is 0.929. The smallest absolute Gasteiger partial charge is 0.217 e. The Morgan fingerprint density at radius 1 is 1.24 bits per heavy atom. The number of amides is 1. The molecule has 7 heteroatoms. The number of carbonyl (C=O) groups excluding carboxylic acids is 1. The standard InChI is InChI=1S/C14H25NO6/c1-8(17)15-11-13(19)12(18)10(7-16)21-14(11)20-9-5-3-2-4-6-9/h9-14,16,18-19H,2-7H2,1H3,(H,15,17)/t10-,11-,12+,13+,14-/m0/s1. The van der Waals surface area contributed by atoms with E-state index in [-0.39, 0.29) is 12.0 Å². The van der Waals surface area contributed by atoms with E-state index in [0.717, 1.165) is 25.7 Å². The monoisotopic (exact) mass is 303 g/mol. The second kappa shape index (κ2) is 7.51. The topological polar surface area (TPSA) is 108 Å². The van der Waals surface area contributed by atoms with Gasteiger partial charge in [-0.3, -0.25) is 4.79 Å². The zero-order valence-electron chi connectivity index (χ0n) is 12.3. The third-order valence-electron chi connectivity index (χ3n) is 4.13. The van der Waals surface area contributed by atoms with Gasteiger partial charge in [0.25, 0.3) is 0 Å². The van der Waals surface area contributed by atoms with E-state index in [1.807, 2.05) is 0 Å². The molecule has 4 N–H and O–H groups in total. The zero-order valence-corrected chi connectivity index (χ0v) is 12.3. The summed E-state index contributed by atoms with van der Waals surface area (Å²) in [4.78, 5) is 11.3. The summed E-state index contributed by atoms with van der Waals surface area (Å²) in [6, 6.07) is -0.845. The molecule has 2 fully saturated rings. The molecule has 122 valence electrons. The largest absolute Gasteiger partial charge is 0.394 e. The van der Waals surface area contributed by atoms with Crippen molar-refractivity contribution in [2.45, 2.75) is 75.8 Å². The minimum atomic E-state index is -1.27. The lowest BCUT2D eigenvalue weighted by molar-refractivity contribution is -0.283. The van der Waals surface area contributed by atoms with Crippen LogP contribution in [0.4, 0.5) is 0 Å². The summed E-state index contributed by atoms with van der Waals surface area (Å²) in [5, 5.41) is 31.9. The molecular weight excluding hydrogens is 278 g/mol. The van der Waals surface area contributed by atoms with Crippen molar-refractivity contribution in [3.63, 3.8) is 0 Å². The van der Waals surface area contributed by atoms with Crippen LogP contribution in [0.2, 0.25) is 0 Å². The fourth-order valence-electron chi connectivity index (χ4n) is 2.98. The molecule has 0 aromatic rings. The predicted molar refractivity (Wildman–Crippen MR) is 73.3 cm³/mol. The molecule has 5 atom stereocenters. The molecule has 1 saturated carbocycles. The first-order valence-electron chi connectivity index (χ1n) is 7.58. The van der Waals surface area contributed by atoms with Crippen molar-refractivity contribution in [3.05, 3.63) is 0 Å². The van der Waals surface area contributed by atoms with E-state index in [1.54, 1.807) is 0 Å². The van der Waals surface area contributed by atoms with E-state index in [4.69, 9.17) is 9.47 Å². The van der Waals surface area contributed by atoms with Crippen molar-refractivity contribution in [1.29, 1.82) is 0 Å². The minimum absolute atomic E-state index is 0.0155. The van der Waals surface area contributed by atoms with Crippen molar-refractivity contribution in [3.8, 4) is 0 Å². The zero-order chi connectivity index (χ0) is 15.4. The Bertz CT molecular complexity index is 346. The van der Waals surface area contributed by atoms with Crippen LogP contribution in [-0.2, 0) is 14.3 Å². The number of carbonyl (C=O) groups is 1. The summed E-state index contributed by atoms with van der Waals surface area (Å²) in [6.45, 7) is 0.907. The molecule has 0 bridgehead atoms. The first-order valence-corrected chi connectivity index (χ1v) is 7.58. The quantitative estimate of drug-likeness (QED) is 0.546. The van der Waals surface area contributed by atoms with Gasteiger partial charge in [0.2, 0.25) is 5.91 Å². The summed E-state index contributed by atoms with van der Waals surface area (Å²) in [7, 11) is 0. The van der Waals surface area contributed by atoms with E-state index in [9.17, 15) is 20.1 Å². The minimum Gasteiger partial charge on any atom is -0.394 e. The molecule has 0 radical (unpaired) electrons. The maximum absolute atomic E-state index is 11.3. The highest BCUT2D eigenvalue weighted by Gasteiger charge is 2.46. The molecular formula is C14H25NO6. The maximum atomic E-state index is 11.3. The second-order valence-electron chi connectivity index (χ2n) is 5.83. The number of ether oxygens (including phenoxy) is 2. The lowest BCUT2D eigenvalue weighted by atomic mass is 9.95. The fourth-order valence-corrected chi connectivity index (χ4v) is 2.98. The molecule has 2 rings (SSSR count). The highest BCUT2D eigenvalue weighted by atomic mass is 16.7. The van der Waals surface area contributed by atoms with Crippen molar-refractivity contribution in [2.75, 3.05) is 6.61 Å². The summed E-state index contributed by atoms with van der Waals surface area (Å²) < 4.78 is 11.4. The van der Waals surface area contributed by atoms with Crippen molar-refractivity contribution in [1.82, 2.24) is 5.32 Å². The Hall–Kier alpha value is -0.730. The highest BCUT2D eigenvalue weighted by Crippen LogP contribution is 2.27. The number of hydrogen-bond acceptors (Lipinski definition) is 6. The van der Waals surface area contributed by atoms with Gasteiger partial charge in [-0.1, -0.05) is 19.3 Å². The Kier molecular flexibility index (Phi) is 5.95. The Morgan fingerprint density at radius 3 is 2.48 bits per heavy atom. The second-order valence-corrected chi connectivity index (χ2v) is 5.83. The van der Waals surface area contributed by atoms with Gasteiger partial charge in [0.1, 0.15) is 24.4 Å². The van der Waals surface area contributed by atoms with Crippen LogP contribution in [0.25, 0.3) is 0 Å². The molecule has 0 spiro atoms. The summed E-state index contributed by atoms with van der Waals surface area (Å²) in [5.74, 6) is -0.338. The van der Waals surface area contributed by atoms with Gasteiger partial charge in [-0.25, -0.2) is 0 Å². The third-order valence-corrected chi connectivity index (χ3v) is 4.13. The third kappa shape index (κ3) is 4.14. The van der Waals surface area contributed by atoms with E-state index in [1.165, 1.54) is 13.3 Å². The molecule has 2 aliphatic rings. The van der Waals surface area contributed by atoms with Crippen LogP contribution in [-0.4, -0.2) is 64.6 Å². The average Bonchev–Trinajstić information content (AvgIpc) is 2.47. The van der Waals surface area contributed by atoms with Gasteiger partial charge in [0, 0.05) is 6.92 Å². The van der Waals surface area contributed by atoms with Crippen molar-refractivity contribution < 1.29 is 29.6 Å². The Balaban J connectivity index is 2.06. The molecule has 1 aliphatic carbocycles. The lowest BCUT2D eigenvalue weighted by Crippen LogP contribution is -2.65. The van der Waals surface area contributed by atoms with Crippen LogP contribution in [0.3, 0.4) is 0 Å². The van der Waals surface area contributed by atoms with Gasteiger partial charge >= 0.3 is 0 Å². The number of aliphatic hydroxyl groups excluding tert-OH is 3. The van der Waals surface area contributed by atoms with Crippen molar-refractivity contribution in [2.24, 2.45) is 0 Å². The summed E-state index contributed by atoms with van der Waals surface area (Å²) >= 11 is 0. The molecule has 1 heterocycles. The van der Waals surface area contributed by atoms with Crippen LogP contribution < -0.4 is 5.32 Å². The first-order chi connectivity index (χ1) is 10.0. The van der Waals surface area contributed by atoms with Crippen LogP contribution in [0.5, 0.6) is 0 Å². The molecule has 1 amide bonds. The molecule has 21 heavy (non-hydrogen) atoms. The van der Waals surface area contributed by atoms with Crippen LogP contribution in [0.1, 0.15) is 39.0 Å². The number of aliphatic hydroxyl groups is 3. The van der Waals surface area contributed by atoms with Gasteiger partial charge < -0.3 is 30.1 Å². The van der Waals surface area contributed by atoms with Crippen LogP contribution in [0, 0.1) is 0 Å². The average molecular weight is 303 g/mol. The van der Waals surface area contributed by atoms with Crippen molar-refractivity contribution >= 4 is 5.91 Å². The highest BCUT2D eigenvalue weighted by molar-refractivity contribution is 5.73. The normalized spacial score (nSPS) is 38.2. The Morgan fingerprint density at radius 2 is 1.90 bits per heavy atom. The van der Waals surface area contributed by atoms with Crippen LogP contribution in [0.15, 0.2) is 0 Å². The van der Waals surface area contributed by atoms with Crippen LogP contribution >= 0.6 is 0 Å². The van der Waals surface area contributed by atoms with E-state index < -0.39 is 37.3 Å². The van der Waals surface area contributed by atoms with Gasteiger partial charge in [-0.15, -0.1) is 0 Å². The van der Waals surface area contributed by atoms with E-state index in [0.29, 0.717) is 0 Å². The lowest BCUT2D eigenvalue weighted by Gasteiger charge is -2.43. The van der Waals surface area contributed by atoms with E-state index in [2.05, 4.69) is 5.32 Å². The van der Waals surface area contributed by atoms with Gasteiger partial charge in [-0.2, -0.15) is 0 Å². The SMILES string of the molecule is CC(=O)N[C@@H]1[C@@H](OC2CCCCC2)O[C@@H](CO)[C@@H](O)[C@@H]1O.